The Bertz CT molecular complexity index is 1480. The minimum absolute atomic E-state index is 0.0684. The van der Waals surface area contributed by atoms with E-state index in [-0.39, 0.29) is 12.2 Å². The number of hydrogen-bond donors (Lipinski definition) is 1. The molecule has 184 valence electrons. The number of aromatic nitrogens is 2. The second-order valence-electron chi connectivity index (χ2n) is 8.46. The molecule has 4 aromatic rings. The number of Topliss-reactive ketones (excluding diaryl/α,β-unsaturated/α-hetero) is 1. The van der Waals surface area contributed by atoms with Crippen LogP contribution in [0.15, 0.2) is 48.8 Å². The molecule has 3 aromatic carbocycles. The maximum absolute atomic E-state index is 12.7. The largest absolute Gasteiger partial charge is 0.493 e. The number of aryl methyl sites for hydroxylation is 1. The van der Waals surface area contributed by atoms with E-state index in [1.54, 1.807) is 19.2 Å². The van der Waals surface area contributed by atoms with Gasteiger partial charge in [0.25, 0.3) is 0 Å². The Labute approximate surface area is 218 Å². The first-order valence-electron chi connectivity index (χ1n) is 11.4. The van der Waals surface area contributed by atoms with Crippen LogP contribution in [-0.4, -0.2) is 36.1 Å². The van der Waals surface area contributed by atoms with Gasteiger partial charge < -0.3 is 19.5 Å². The lowest BCUT2D eigenvalue weighted by atomic mass is 10.0. The molecular weight excluding hydrogens is 501 g/mol. The quantitative estimate of drug-likeness (QED) is 0.312. The number of carbonyl (C=O) groups excluding carboxylic acids is 1. The van der Waals surface area contributed by atoms with Crippen molar-refractivity contribution >= 4 is 51.4 Å². The van der Waals surface area contributed by atoms with Crippen LogP contribution in [0.2, 0.25) is 10.0 Å². The van der Waals surface area contributed by atoms with Crippen LogP contribution in [0.4, 0.5) is 11.5 Å². The van der Waals surface area contributed by atoms with E-state index < -0.39 is 0 Å². The van der Waals surface area contributed by atoms with E-state index in [4.69, 9.17) is 37.4 Å². The predicted molar refractivity (Wildman–Crippen MR) is 140 cm³/mol. The Morgan fingerprint density at radius 1 is 1.00 bits per heavy atom. The van der Waals surface area contributed by atoms with E-state index in [0.29, 0.717) is 69.3 Å². The number of halogens is 2. The van der Waals surface area contributed by atoms with Gasteiger partial charge in [-0.2, -0.15) is 0 Å². The number of fused-ring (bicyclic) bond motifs is 3. The second-order valence-corrected chi connectivity index (χ2v) is 9.27. The molecule has 1 aliphatic rings. The highest BCUT2D eigenvalue weighted by molar-refractivity contribution is 6.32. The third kappa shape index (κ3) is 4.90. The Morgan fingerprint density at radius 3 is 2.56 bits per heavy atom. The number of nitrogens with one attached hydrogen (secondary N) is 1. The molecule has 9 heteroatoms. The van der Waals surface area contributed by atoms with E-state index in [1.807, 2.05) is 37.3 Å². The van der Waals surface area contributed by atoms with Gasteiger partial charge in [0.1, 0.15) is 31.1 Å². The van der Waals surface area contributed by atoms with E-state index in [9.17, 15) is 4.79 Å². The molecule has 5 rings (SSSR count). The van der Waals surface area contributed by atoms with Crippen molar-refractivity contribution in [2.24, 2.45) is 0 Å². The lowest BCUT2D eigenvalue weighted by Gasteiger charge is -2.23. The van der Waals surface area contributed by atoms with Gasteiger partial charge in [-0.15, -0.1) is 0 Å². The fourth-order valence-corrected chi connectivity index (χ4v) is 4.55. The van der Waals surface area contributed by atoms with E-state index in [2.05, 4.69) is 15.3 Å². The average Bonchev–Trinajstić information content (AvgIpc) is 2.87. The number of ether oxygens (including phenoxy) is 3. The maximum Gasteiger partial charge on any atom is 0.204 e. The summed E-state index contributed by atoms with van der Waals surface area (Å²) in [7, 11) is 1.57. The van der Waals surface area contributed by atoms with Crippen LogP contribution in [0.1, 0.15) is 16.7 Å². The molecule has 0 saturated heterocycles. The molecule has 0 unspecified atom stereocenters. The number of methoxy groups -OCH3 is 1. The third-order valence-electron chi connectivity index (χ3n) is 5.92. The fraction of sp³-hybridized carbons (Fsp3) is 0.222. The van der Waals surface area contributed by atoms with Crippen molar-refractivity contribution in [1.82, 2.24) is 9.97 Å². The molecule has 1 N–H and O–H groups in total. The van der Waals surface area contributed by atoms with Crippen LogP contribution in [0.25, 0.3) is 10.9 Å². The Kier molecular flexibility index (Phi) is 6.85. The SMILES string of the molecule is COc1cc2ncnc(Nc3ccc(CC(=O)Cc4ccc(Cl)c(C)c4)c(Cl)c3)c2c2c1OCCO2. The molecule has 0 fully saturated rings. The summed E-state index contributed by atoms with van der Waals surface area (Å²) in [5.74, 6) is 2.22. The number of rotatable bonds is 7. The minimum Gasteiger partial charge on any atom is -0.493 e. The summed E-state index contributed by atoms with van der Waals surface area (Å²) in [6, 6.07) is 12.9. The molecule has 1 aliphatic heterocycles. The zero-order chi connectivity index (χ0) is 25.2. The highest BCUT2D eigenvalue weighted by Gasteiger charge is 2.24. The van der Waals surface area contributed by atoms with Gasteiger partial charge in [-0.25, -0.2) is 9.97 Å². The maximum atomic E-state index is 12.7. The molecule has 0 bridgehead atoms. The summed E-state index contributed by atoms with van der Waals surface area (Å²) in [5, 5.41) is 5.16. The number of benzene rings is 3. The predicted octanol–water partition coefficient (Wildman–Crippen LogP) is 6.12. The minimum atomic E-state index is 0.0684. The fourth-order valence-electron chi connectivity index (χ4n) is 4.18. The smallest absolute Gasteiger partial charge is 0.204 e. The van der Waals surface area contributed by atoms with Crippen LogP contribution >= 0.6 is 23.2 Å². The van der Waals surface area contributed by atoms with Crippen molar-refractivity contribution in [2.45, 2.75) is 19.8 Å². The summed E-state index contributed by atoms with van der Waals surface area (Å²) in [6.45, 7) is 2.76. The monoisotopic (exact) mass is 523 g/mol. The van der Waals surface area contributed by atoms with Crippen molar-refractivity contribution < 1.29 is 19.0 Å². The third-order valence-corrected chi connectivity index (χ3v) is 6.70. The normalized spacial score (nSPS) is 12.4. The Balaban J connectivity index is 1.37. The van der Waals surface area contributed by atoms with Crippen molar-refractivity contribution in [2.75, 3.05) is 25.6 Å². The highest BCUT2D eigenvalue weighted by Crippen LogP contribution is 2.46. The summed E-state index contributed by atoms with van der Waals surface area (Å²) in [5.41, 5.74) is 4.00. The van der Waals surface area contributed by atoms with Crippen LogP contribution < -0.4 is 19.5 Å². The molecular formula is C27H23Cl2N3O4. The van der Waals surface area contributed by atoms with Gasteiger partial charge in [0.2, 0.25) is 5.75 Å². The first kappa shape index (κ1) is 24.2. The van der Waals surface area contributed by atoms with Crippen molar-refractivity contribution in [3.05, 3.63) is 75.5 Å². The molecule has 0 radical (unpaired) electrons. The summed E-state index contributed by atoms with van der Waals surface area (Å²) >= 11 is 12.6. The molecule has 0 atom stereocenters. The molecule has 1 aromatic heterocycles. The zero-order valence-electron chi connectivity index (χ0n) is 19.7. The van der Waals surface area contributed by atoms with Crippen LogP contribution in [0.5, 0.6) is 17.2 Å². The van der Waals surface area contributed by atoms with Gasteiger partial charge in [-0.3, -0.25) is 4.79 Å². The van der Waals surface area contributed by atoms with Crippen LogP contribution in [0.3, 0.4) is 0 Å². The van der Waals surface area contributed by atoms with E-state index >= 15 is 0 Å². The summed E-state index contributed by atoms with van der Waals surface area (Å²) < 4.78 is 17.2. The van der Waals surface area contributed by atoms with Crippen molar-refractivity contribution in [3.63, 3.8) is 0 Å². The number of carbonyl (C=O) groups is 1. The molecule has 0 spiro atoms. The summed E-state index contributed by atoms with van der Waals surface area (Å²) in [4.78, 5) is 21.5. The molecule has 0 saturated carbocycles. The standard InChI is InChI=1S/C27H23Cl2N3O4/c1-15-9-16(3-6-20(15)28)10-19(33)11-17-4-5-18(12-21(17)29)32-27-24-22(30-14-31-27)13-23(34-2)25-26(24)36-8-7-35-25/h3-6,9,12-14H,7-8,10-11H2,1-2H3,(H,30,31,32). The lowest BCUT2D eigenvalue weighted by molar-refractivity contribution is -0.117. The Morgan fingerprint density at radius 2 is 1.81 bits per heavy atom. The number of hydrogen-bond acceptors (Lipinski definition) is 7. The summed E-state index contributed by atoms with van der Waals surface area (Å²) in [6.07, 6.45) is 2.01. The number of ketones is 1. The second kappa shape index (κ2) is 10.2. The van der Waals surface area contributed by atoms with Gasteiger partial charge in [-0.05, 0) is 41.8 Å². The molecule has 0 aliphatic carbocycles. The first-order chi connectivity index (χ1) is 17.4. The number of nitrogens with zero attached hydrogens (tertiary/aromatic N) is 2. The van der Waals surface area contributed by atoms with Crippen LogP contribution in [-0.2, 0) is 17.6 Å². The topological polar surface area (TPSA) is 82.6 Å². The molecule has 0 amide bonds. The van der Waals surface area contributed by atoms with E-state index in [0.717, 1.165) is 16.7 Å². The zero-order valence-corrected chi connectivity index (χ0v) is 21.2. The van der Waals surface area contributed by atoms with Crippen LogP contribution in [0, 0.1) is 6.92 Å². The first-order valence-corrected chi connectivity index (χ1v) is 12.1. The average molecular weight is 524 g/mol. The van der Waals surface area contributed by atoms with Gasteiger partial charge in [0.15, 0.2) is 11.5 Å². The lowest BCUT2D eigenvalue weighted by Crippen LogP contribution is -2.16. The molecule has 2 heterocycles. The van der Waals surface area contributed by atoms with Gasteiger partial charge in [0, 0.05) is 34.6 Å². The van der Waals surface area contributed by atoms with Crippen molar-refractivity contribution in [1.29, 1.82) is 0 Å². The number of anilines is 2. The highest BCUT2D eigenvalue weighted by atomic mass is 35.5. The molecule has 7 nitrogen and oxygen atoms in total. The van der Waals surface area contributed by atoms with Gasteiger partial charge >= 0.3 is 0 Å². The van der Waals surface area contributed by atoms with Gasteiger partial charge in [-0.1, -0.05) is 41.4 Å². The molecule has 36 heavy (non-hydrogen) atoms. The van der Waals surface area contributed by atoms with Crippen molar-refractivity contribution in [3.8, 4) is 17.2 Å². The van der Waals surface area contributed by atoms with E-state index in [1.165, 1.54) is 6.33 Å². The Hall–Kier alpha value is -3.55. The van der Waals surface area contributed by atoms with Gasteiger partial charge in [0.05, 0.1) is 18.0 Å².